The van der Waals surface area contributed by atoms with Crippen molar-refractivity contribution in [1.29, 1.82) is 0 Å². The van der Waals surface area contributed by atoms with Gasteiger partial charge in [-0.25, -0.2) is 8.42 Å². The van der Waals surface area contributed by atoms with E-state index in [1.165, 1.54) is 0 Å². The van der Waals surface area contributed by atoms with Crippen LogP contribution in [0.5, 0.6) is 0 Å². The minimum atomic E-state index is -2.77. The van der Waals surface area contributed by atoms with Gasteiger partial charge in [0.05, 0.1) is 11.5 Å². The predicted molar refractivity (Wildman–Crippen MR) is 67.4 cm³/mol. The first-order valence-electron chi connectivity index (χ1n) is 6.12. The Balaban J connectivity index is 2.28. The van der Waals surface area contributed by atoms with Gasteiger partial charge in [-0.1, -0.05) is 6.92 Å². The van der Waals surface area contributed by atoms with Gasteiger partial charge in [-0.3, -0.25) is 4.90 Å². The van der Waals surface area contributed by atoms with Crippen LogP contribution >= 0.6 is 0 Å². The largest absolute Gasteiger partial charge is 0.313 e. The van der Waals surface area contributed by atoms with Gasteiger partial charge in [-0.05, 0) is 20.3 Å². The molecule has 1 rings (SSSR count). The second-order valence-electron chi connectivity index (χ2n) is 4.76. The van der Waals surface area contributed by atoms with Crippen molar-refractivity contribution in [3.05, 3.63) is 0 Å². The molecule has 0 aliphatic carbocycles. The van der Waals surface area contributed by atoms with Crippen molar-refractivity contribution in [2.24, 2.45) is 0 Å². The fourth-order valence-electron chi connectivity index (χ4n) is 1.96. The second-order valence-corrected chi connectivity index (χ2v) is 6.99. The summed E-state index contributed by atoms with van der Waals surface area (Å²) in [5, 5.41) is 3.43. The molecule has 16 heavy (non-hydrogen) atoms. The number of sulfone groups is 1. The van der Waals surface area contributed by atoms with Gasteiger partial charge in [-0.15, -0.1) is 0 Å². The quantitative estimate of drug-likeness (QED) is 0.769. The topological polar surface area (TPSA) is 49.4 Å². The Labute approximate surface area is 99.3 Å². The summed E-state index contributed by atoms with van der Waals surface area (Å²) in [5.41, 5.74) is 0. The molecular weight excluding hydrogens is 224 g/mol. The summed E-state index contributed by atoms with van der Waals surface area (Å²) in [6.07, 6.45) is 1.13. The van der Waals surface area contributed by atoms with Crippen molar-refractivity contribution in [3.63, 3.8) is 0 Å². The molecule has 1 aliphatic rings. The molecule has 0 amide bonds. The molecule has 1 N–H and O–H groups in total. The van der Waals surface area contributed by atoms with E-state index in [2.05, 4.69) is 24.1 Å². The Kier molecular flexibility index (Phi) is 5.21. The molecule has 96 valence electrons. The van der Waals surface area contributed by atoms with Crippen LogP contribution < -0.4 is 5.32 Å². The molecule has 1 fully saturated rings. The minimum absolute atomic E-state index is 0.164. The lowest BCUT2D eigenvalue weighted by atomic mass is 10.2. The van der Waals surface area contributed by atoms with Gasteiger partial charge >= 0.3 is 0 Å². The first kappa shape index (κ1) is 13.9. The van der Waals surface area contributed by atoms with Crippen molar-refractivity contribution < 1.29 is 8.42 Å². The highest BCUT2D eigenvalue weighted by Crippen LogP contribution is 2.10. The number of nitrogens with one attached hydrogen (secondary N) is 1. The van der Waals surface area contributed by atoms with Gasteiger partial charge in [0, 0.05) is 31.7 Å². The molecule has 0 saturated carbocycles. The van der Waals surface area contributed by atoms with Crippen LogP contribution in [0.3, 0.4) is 0 Å². The highest BCUT2D eigenvalue weighted by Gasteiger charge is 2.27. The molecule has 0 aromatic heterocycles. The SMILES string of the molecule is CCC(C)NCCN1CCS(=O)(=O)CC1C. The zero-order chi connectivity index (χ0) is 12.2. The van der Waals surface area contributed by atoms with Crippen molar-refractivity contribution in [2.45, 2.75) is 39.3 Å². The lowest BCUT2D eigenvalue weighted by molar-refractivity contribution is 0.224. The first-order valence-corrected chi connectivity index (χ1v) is 7.94. The van der Waals surface area contributed by atoms with E-state index >= 15 is 0 Å². The zero-order valence-electron chi connectivity index (χ0n) is 10.6. The van der Waals surface area contributed by atoms with E-state index in [1.807, 2.05) is 6.92 Å². The highest BCUT2D eigenvalue weighted by molar-refractivity contribution is 7.91. The molecule has 2 atom stereocenters. The van der Waals surface area contributed by atoms with Crippen LogP contribution in [-0.4, -0.2) is 56.5 Å². The Morgan fingerprint density at radius 1 is 1.50 bits per heavy atom. The Morgan fingerprint density at radius 2 is 2.19 bits per heavy atom. The molecule has 0 spiro atoms. The van der Waals surface area contributed by atoms with Crippen LogP contribution in [0.4, 0.5) is 0 Å². The molecule has 5 heteroatoms. The van der Waals surface area contributed by atoms with Gasteiger partial charge < -0.3 is 5.32 Å². The van der Waals surface area contributed by atoms with E-state index < -0.39 is 9.84 Å². The second kappa shape index (κ2) is 5.98. The van der Waals surface area contributed by atoms with Crippen LogP contribution in [0.15, 0.2) is 0 Å². The first-order chi connectivity index (χ1) is 7.44. The third kappa shape index (κ3) is 4.39. The average molecular weight is 248 g/mol. The molecule has 0 bridgehead atoms. The normalized spacial score (nSPS) is 27.8. The molecule has 1 heterocycles. The number of hydrogen-bond donors (Lipinski definition) is 1. The van der Waals surface area contributed by atoms with E-state index in [-0.39, 0.29) is 6.04 Å². The summed E-state index contributed by atoms with van der Waals surface area (Å²) in [6, 6.07) is 0.710. The number of nitrogens with zero attached hydrogens (tertiary/aromatic N) is 1. The summed E-state index contributed by atoms with van der Waals surface area (Å²) in [6.45, 7) is 8.91. The summed E-state index contributed by atoms with van der Waals surface area (Å²) < 4.78 is 22.8. The van der Waals surface area contributed by atoms with Crippen molar-refractivity contribution in [2.75, 3.05) is 31.1 Å². The standard InChI is InChI=1S/C11H24N2O2S/c1-4-10(2)12-5-6-13-7-8-16(14,15)9-11(13)3/h10-12H,4-9H2,1-3H3. The lowest BCUT2D eigenvalue weighted by Crippen LogP contribution is -2.49. The summed E-state index contributed by atoms with van der Waals surface area (Å²) >= 11 is 0. The Hall–Kier alpha value is -0.130. The lowest BCUT2D eigenvalue weighted by Gasteiger charge is -2.33. The van der Waals surface area contributed by atoms with Crippen LogP contribution in [-0.2, 0) is 9.84 Å². The highest BCUT2D eigenvalue weighted by atomic mass is 32.2. The maximum atomic E-state index is 11.4. The fraction of sp³-hybridized carbons (Fsp3) is 1.00. The molecule has 0 aromatic rings. The van der Waals surface area contributed by atoms with Crippen LogP contribution in [0.1, 0.15) is 27.2 Å². The predicted octanol–water partition coefficient (Wildman–Crippen LogP) is 0.493. The van der Waals surface area contributed by atoms with Crippen LogP contribution in [0, 0.1) is 0 Å². The summed E-state index contributed by atoms with van der Waals surface area (Å²) in [7, 11) is -2.77. The van der Waals surface area contributed by atoms with E-state index in [0.29, 0.717) is 24.1 Å². The van der Waals surface area contributed by atoms with Gasteiger partial charge in [0.25, 0.3) is 0 Å². The zero-order valence-corrected chi connectivity index (χ0v) is 11.4. The monoisotopic (exact) mass is 248 g/mol. The van der Waals surface area contributed by atoms with Crippen molar-refractivity contribution in [1.82, 2.24) is 10.2 Å². The third-order valence-corrected chi connectivity index (χ3v) is 5.11. The average Bonchev–Trinajstić information content (AvgIpc) is 2.20. The van der Waals surface area contributed by atoms with E-state index in [9.17, 15) is 8.42 Å². The minimum Gasteiger partial charge on any atom is -0.313 e. The van der Waals surface area contributed by atoms with Gasteiger partial charge in [-0.2, -0.15) is 0 Å². The van der Waals surface area contributed by atoms with E-state index in [0.717, 1.165) is 19.5 Å². The van der Waals surface area contributed by atoms with Crippen molar-refractivity contribution in [3.8, 4) is 0 Å². The summed E-state index contributed by atoms with van der Waals surface area (Å²) in [5.74, 6) is 0.636. The molecular formula is C11H24N2O2S. The van der Waals surface area contributed by atoms with E-state index in [1.54, 1.807) is 0 Å². The van der Waals surface area contributed by atoms with Gasteiger partial charge in [0.15, 0.2) is 9.84 Å². The molecule has 1 aliphatic heterocycles. The third-order valence-electron chi connectivity index (χ3n) is 3.31. The van der Waals surface area contributed by atoms with Gasteiger partial charge in [0.2, 0.25) is 0 Å². The van der Waals surface area contributed by atoms with Crippen LogP contribution in [0.2, 0.25) is 0 Å². The molecule has 0 radical (unpaired) electrons. The van der Waals surface area contributed by atoms with Crippen molar-refractivity contribution >= 4 is 9.84 Å². The number of hydrogen-bond acceptors (Lipinski definition) is 4. The maximum Gasteiger partial charge on any atom is 0.153 e. The maximum absolute atomic E-state index is 11.4. The molecule has 0 aromatic carbocycles. The Bertz CT molecular complexity index is 303. The molecule has 4 nitrogen and oxygen atoms in total. The smallest absolute Gasteiger partial charge is 0.153 e. The molecule has 2 unspecified atom stereocenters. The van der Waals surface area contributed by atoms with E-state index in [4.69, 9.17) is 0 Å². The molecule has 1 saturated heterocycles. The fourth-order valence-corrected chi connectivity index (χ4v) is 3.59. The summed E-state index contributed by atoms with van der Waals surface area (Å²) in [4.78, 5) is 2.26. The Morgan fingerprint density at radius 3 is 2.75 bits per heavy atom. The number of rotatable bonds is 5. The van der Waals surface area contributed by atoms with Crippen LogP contribution in [0.25, 0.3) is 0 Å². The van der Waals surface area contributed by atoms with Gasteiger partial charge in [0.1, 0.15) is 0 Å².